The first-order valence-corrected chi connectivity index (χ1v) is 12.6. The molecule has 2 rings (SSSR count). The lowest BCUT2D eigenvalue weighted by atomic mass is 10.1. The van der Waals surface area contributed by atoms with Crippen molar-refractivity contribution in [3.8, 4) is 5.75 Å². The van der Waals surface area contributed by atoms with Crippen LogP contribution in [0.1, 0.15) is 63.0 Å². The van der Waals surface area contributed by atoms with Gasteiger partial charge in [-0.05, 0) is 43.5 Å². The minimum atomic E-state index is -5.07. The largest absolute Gasteiger partial charge is 0.492 e. The third-order valence-corrected chi connectivity index (χ3v) is 8.36. The van der Waals surface area contributed by atoms with Gasteiger partial charge in [-0.2, -0.15) is 0 Å². The number of hydrogen-bond acceptors (Lipinski definition) is 2. The molecule has 162 valence electrons. The summed E-state index contributed by atoms with van der Waals surface area (Å²) >= 11 is 0. The van der Waals surface area contributed by atoms with E-state index in [1.807, 2.05) is 31.2 Å². The maximum atomic E-state index is 13.6. The lowest BCUT2D eigenvalue weighted by molar-refractivity contribution is 0.276. The molecule has 0 aliphatic carbocycles. The third-order valence-electron chi connectivity index (χ3n) is 5.51. The zero-order chi connectivity index (χ0) is 21.4. The van der Waals surface area contributed by atoms with Crippen molar-refractivity contribution in [2.45, 2.75) is 75.9 Å². The summed E-state index contributed by atoms with van der Waals surface area (Å²) in [4.78, 5) is 0.105. The number of unbranched alkanes of at least 4 members (excludes halogenated alkanes) is 5. The Balaban J connectivity index is 2.19. The van der Waals surface area contributed by atoms with Crippen LogP contribution in [0.3, 0.4) is 0 Å². The van der Waals surface area contributed by atoms with Crippen molar-refractivity contribution in [2.75, 3.05) is 6.61 Å². The number of hydrogen-bond donors (Lipinski definition) is 2. The summed E-state index contributed by atoms with van der Waals surface area (Å²) in [5, 5.41) is -0.890. The average Bonchev–Trinajstić information content (AvgIpc) is 2.67. The number of ether oxygens (including phenoxy) is 1. The molecule has 0 spiro atoms. The standard InChI is InChI=1S/C24H36O4S/c1-4-5-6-7-8-9-16-22(19-28-23-17-12-10-14-20(23)2)29(25,26,27)24-18-13-11-15-21(24)3/h10-15,17-18,22H,4-9,16,19H2,1-3H3,(H2,25,26,27). The number of aryl methyl sites for hydroxylation is 2. The summed E-state index contributed by atoms with van der Waals surface area (Å²) in [5.41, 5.74) is 1.57. The van der Waals surface area contributed by atoms with Crippen LogP contribution in [-0.4, -0.2) is 25.2 Å². The molecule has 5 heteroatoms. The predicted octanol–water partition coefficient (Wildman–Crippen LogP) is 6.63. The molecule has 0 fully saturated rings. The van der Waals surface area contributed by atoms with Crippen LogP contribution in [0.25, 0.3) is 0 Å². The lowest BCUT2D eigenvalue weighted by Crippen LogP contribution is -2.47. The molecule has 0 saturated carbocycles. The molecule has 4 nitrogen and oxygen atoms in total. The summed E-state index contributed by atoms with van der Waals surface area (Å²) in [6.07, 6.45) is 6.88. The van der Waals surface area contributed by atoms with E-state index >= 15 is 0 Å². The van der Waals surface area contributed by atoms with Gasteiger partial charge < -0.3 is 13.8 Å². The van der Waals surface area contributed by atoms with E-state index in [2.05, 4.69) is 6.92 Å². The first kappa shape index (κ1) is 23.6. The Morgan fingerprint density at radius 1 is 0.862 bits per heavy atom. The van der Waals surface area contributed by atoms with E-state index in [1.54, 1.807) is 31.2 Å². The second kappa shape index (κ2) is 10.4. The van der Waals surface area contributed by atoms with Gasteiger partial charge in [0.25, 0.3) is 0 Å². The van der Waals surface area contributed by atoms with E-state index in [0.717, 1.165) is 24.8 Å². The van der Waals surface area contributed by atoms with Crippen molar-refractivity contribution in [3.63, 3.8) is 0 Å². The molecule has 0 aromatic heterocycles. The maximum Gasteiger partial charge on any atom is 0.122 e. The van der Waals surface area contributed by atoms with Gasteiger partial charge in [0.2, 0.25) is 0 Å². The second-order valence-electron chi connectivity index (χ2n) is 7.94. The van der Waals surface area contributed by atoms with Gasteiger partial charge >= 0.3 is 0 Å². The zero-order valence-corrected chi connectivity index (χ0v) is 18.8. The fourth-order valence-electron chi connectivity index (χ4n) is 3.64. The van der Waals surface area contributed by atoms with Gasteiger partial charge in [-0.25, -0.2) is 4.21 Å². The normalized spacial score (nSPS) is 14.2. The summed E-state index contributed by atoms with van der Waals surface area (Å²) in [5.74, 6) is 0.674. The van der Waals surface area contributed by atoms with Gasteiger partial charge in [0, 0.05) is 0 Å². The van der Waals surface area contributed by atoms with Crippen molar-refractivity contribution in [2.24, 2.45) is 0 Å². The zero-order valence-electron chi connectivity index (χ0n) is 18.0. The van der Waals surface area contributed by atoms with Crippen molar-refractivity contribution in [1.82, 2.24) is 0 Å². The molecule has 0 amide bonds. The molecule has 2 aromatic carbocycles. The Morgan fingerprint density at radius 2 is 1.45 bits per heavy atom. The van der Waals surface area contributed by atoms with Gasteiger partial charge in [-0.1, -0.05) is 81.8 Å². The van der Waals surface area contributed by atoms with Crippen molar-refractivity contribution in [3.05, 3.63) is 59.7 Å². The lowest BCUT2D eigenvalue weighted by Gasteiger charge is -2.39. The number of benzene rings is 2. The van der Waals surface area contributed by atoms with Crippen LogP contribution in [0.4, 0.5) is 0 Å². The van der Waals surface area contributed by atoms with E-state index in [4.69, 9.17) is 4.74 Å². The van der Waals surface area contributed by atoms with Crippen molar-refractivity contribution in [1.29, 1.82) is 0 Å². The monoisotopic (exact) mass is 420 g/mol. The van der Waals surface area contributed by atoms with E-state index < -0.39 is 14.9 Å². The predicted molar refractivity (Wildman–Crippen MR) is 121 cm³/mol. The van der Waals surface area contributed by atoms with E-state index in [0.29, 0.717) is 17.7 Å². The maximum absolute atomic E-state index is 13.6. The highest BCUT2D eigenvalue weighted by Gasteiger charge is 2.43. The molecule has 29 heavy (non-hydrogen) atoms. The Morgan fingerprint density at radius 3 is 2.10 bits per heavy atom. The van der Waals surface area contributed by atoms with Gasteiger partial charge in [-0.3, -0.25) is 0 Å². The minimum absolute atomic E-state index is 0.00743. The Labute approximate surface area is 175 Å². The molecule has 0 aliphatic heterocycles. The Hall–Kier alpha value is -1.69. The summed E-state index contributed by atoms with van der Waals surface area (Å²) in [7, 11) is -5.07. The minimum Gasteiger partial charge on any atom is -0.492 e. The highest BCUT2D eigenvalue weighted by Crippen LogP contribution is 2.38. The van der Waals surface area contributed by atoms with E-state index in [9.17, 15) is 13.3 Å². The van der Waals surface area contributed by atoms with Crippen LogP contribution in [0.2, 0.25) is 0 Å². The number of para-hydroxylation sites is 1. The molecule has 0 saturated heterocycles. The number of rotatable bonds is 12. The second-order valence-corrected chi connectivity index (χ2v) is 10.9. The SMILES string of the molecule is CCCCCCCCC(COc1ccccc1C)S(=O)(O)(O)c1ccccc1C. The Kier molecular flexibility index (Phi) is 8.44. The van der Waals surface area contributed by atoms with Crippen molar-refractivity contribution >= 4 is 9.63 Å². The molecule has 0 radical (unpaired) electrons. The summed E-state index contributed by atoms with van der Waals surface area (Å²) < 4.78 is 41.7. The smallest absolute Gasteiger partial charge is 0.122 e. The molecule has 0 aliphatic rings. The highest BCUT2D eigenvalue weighted by molar-refractivity contribution is 8.10. The van der Waals surface area contributed by atoms with E-state index in [1.165, 1.54) is 19.3 Å². The van der Waals surface area contributed by atoms with Crippen LogP contribution >= 0.6 is 0 Å². The van der Waals surface area contributed by atoms with Gasteiger partial charge in [0.05, 0.1) is 10.1 Å². The van der Waals surface area contributed by atoms with Crippen LogP contribution < -0.4 is 4.74 Å². The fourth-order valence-corrected chi connectivity index (χ4v) is 5.91. The first-order valence-electron chi connectivity index (χ1n) is 10.6. The molecular formula is C24H36O4S. The first-order chi connectivity index (χ1) is 13.7. The third kappa shape index (κ3) is 6.39. The molecule has 2 aromatic rings. The van der Waals surface area contributed by atoms with Crippen LogP contribution in [0, 0.1) is 13.8 Å². The summed E-state index contributed by atoms with van der Waals surface area (Å²) in [6, 6.07) is 14.4. The summed E-state index contributed by atoms with van der Waals surface area (Å²) in [6.45, 7) is 5.86. The van der Waals surface area contributed by atoms with Crippen LogP contribution in [-0.2, 0) is 9.63 Å². The molecule has 2 N–H and O–H groups in total. The molecular weight excluding hydrogens is 384 g/mol. The Bertz CT molecular complexity index is 840. The van der Waals surface area contributed by atoms with Crippen molar-refractivity contribution < 1.29 is 18.1 Å². The van der Waals surface area contributed by atoms with Gasteiger partial charge in [0.1, 0.15) is 22.0 Å². The molecule has 1 atom stereocenters. The molecule has 0 heterocycles. The van der Waals surface area contributed by atoms with E-state index in [-0.39, 0.29) is 11.5 Å². The quantitative estimate of drug-likeness (QED) is 0.378. The molecule has 1 unspecified atom stereocenters. The van der Waals surface area contributed by atoms with Gasteiger partial charge in [-0.15, -0.1) is 0 Å². The van der Waals surface area contributed by atoms with Crippen LogP contribution in [0.15, 0.2) is 53.4 Å². The van der Waals surface area contributed by atoms with Gasteiger partial charge in [0.15, 0.2) is 0 Å². The molecule has 0 bridgehead atoms. The highest BCUT2D eigenvalue weighted by atomic mass is 32.3. The fraction of sp³-hybridized carbons (Fsp3) is 0.500. The average molecular weight is 421 g/mol. The topological polar surface area (TPSA) is 66.8 Å². The van der Waals surface area contributed by atoms with Crippen LogP contribution in [0.5, 0.6) is 5.75 Å².